The van der Waals surface area contributed by atoms with E-state index in [9.17, 15) is 0 Å². The molecular formula is C15H12Br2N2S. The third kappa shape index (κ3) is 3.05. The van der Waals surface area contributed by atoms with Crippen LogP contribution in [0, 0.1) is 0 Å². The molecule has 1 N–H and O–H groups in total. The second kappa shape index (κ2) is 5.84. The van der Waals surface area contributed by atoms with E-state index >= 15 is 0 Å². The fourth-order valence-corrected chi connectivity index (χ4v) is 3.53. The molecule has 0 fully saturated rings. The van der Waals surface area contributed by atoms with Crippen molar-refractivity contribution in [2.24, 2.45) is 0 Å². The Bertz CT molecular complexity index is 737. The number of anilines is 1. The van der Waals surface area contributed by atoms with Crippen LogP contribution < -0.4 is 5.32 Å². The smallest absolute Gasteiger partial charge is 0.184 e. The van der Waals surface area contributed by atoms with Crippen LogP contribution in [0.5, 0.6) is 0 Å². The van der Waals surface area contributed by atoms with Gasteiger partial charge in [-0.15, -0.1) is 0 Å². The van der Waals surface area contributed by atoms with E-state index < -0.39 is 0 Å². The molecule has 3 aromatic rings. The van der Waals surface area contributed by atoms with Crippen LogP contribution in [0.2, 0.25) is 0 Å². The van der Waals surface area contributed by atoms with Crippen LogP contribution >= 0.6 is 43.2 Å². The highest BCUT2D eigenvalue weighted by molar-refractivity contribution is 9.10. The van der Waals surface area contributed by atoms with Crippen molar-refractivity contribution in [2.45, 2.75) is 13.0 Å². The number of halogens is 2. The number of nitrogens with zero attached hydrogens (tertiary/aromatic N) is 1. The Kier molecular flexibility index (Phi) is 4.10. The molecule has 0 aliphatic rings. The van der Waals surface area contributed by atoms with Crippen molar-refractivity contribution in [3.8, 4) is 0 Å². The second-order valence-electron chi connectivity index (χ2n) is 4.55. The van der Waals surface area contributed by atoms with E-state index in [2.05, 4.69) is 79.4 Å². The molecule has 1 atom stereocenters. The van der Waals surface area contributed by atoms with Gasteiger partial charge in [0.1, 0.15) is 0 Å². The summed E-state index contributed by atoms with van der Waals surface area (Å²) in [5.74, 6) is 0. The highest BCUT2D eigenvalue weighted by atomic mass is 79.9. The van der Waals surface area contributed by atoms with Crippen molar-refractivity contribution in [2.75, 3.05) is 5.32 Å². The molecule has 102 valence electrons. The Morgan fingerprint density at radius 2 is 1.75 bits per heavy atom. The first-order chi connectivity index (χ1) is 9.61. The molecule has 2 aromatic carbocycles. The van der Waals surface area contributed by atoms with Crippen LogP contribution in [0.15, 0.2) is 51.4 Å². The number of nitrogens with one attached hydrogen (secondary N) is 1. The van der Waals surface area contributed by atoms with Gasteiger partial charge in [0.25, 0.3) is 0 Å². The summed E-state index contributed by atoms with van der Waals surface area (Å²) in [7, 11) is 0. The molecular weight excluding hydrogens is 400 g/mol. The molecule has 0 bridgehead atoms. The number of benzene rings is 2. The third-order valence-electron chi connectivity index (χ3n) is 3.06. The van der Waals surface area contributed by atoms with E-state index in [4.69, 9.17) is 0 Å². The van der Waals surface area contributed by atoms with Crippen LogP contribution in [-0.2, 0) is 0 Å². The molecule has 3 rings (SSSR count). The minimum absolute atomic E-state index is 0.229. The van der Waals surface area contributed by atoms with Gasteiger partial charge in [-0.2, -0.15) is 0 Å². The Balaban J connectivity index is 1.83. The van der Waals surface area contributed by atoms with Crippen molar-refractivity contribution in [3.05, 3.63) is 57.0 Å². The molecule has 0 saturated carbocycles. The molecule has 0 aliphatic carbocycles. The molecule has 1 unspecified atom stereocenters. The molecule has 5 heteroatoms. The van der Waals surface area contributed by atoms with Crippen LogP contribution in [0.1, 0.15) is 18.5 Å². The van der Waals surface area contributed by atoms with Crippen molar-refractivity contribution >= 4 is 58.5 Å². The quantitative estimate of drug-likeness (QED) is 0.572. The minimum atomic E-state index is 0.229. The lowest BCUT2D eigenvalue weighted by atomic mass is 10.1. The van der Waals surface area contributed by atoms with Gasteiger partial charge >= 0.3 is 0 Å². The van der Waals surface area contributed by atoms with Crippen LogP contribution in [0.25, 0.3) is 10.2 Å². The van der Waals surface area contributed by atoms with Gasteiger partial charge in [0.05, 0.1) is 16.3 Å². The number of thiazole rings is 1. The number of fused-ring (bicyclic) bond motifs is 1. The Morgan fingerprint density at radius 1 is 1.05 bits per heavy atom. The zero-order chi connectivity index (χ0) is 14.1. The van der Waals surface area contributed by atoms with Gasteiger partial charge < -0.3 is 5.32 Å². The first-order valence-corrected chi connectivity index (χ1v) is 8.60. The second-order valence-corrected chi connectivity index (χ2v) is 7.41. The van der Waals surface area contributed by atoms with Crippen molar-refractivity contribution in [3.63, 3.8) is 0 Å². The molecule has 2 nitrogen and oxygen atoms in total. The van der Waals surface area contributed by atoms with E-state index in [0.717, 1.165) is 19.6 Å². The summed E-state index contributed by atoms with van der Waals surface area (Å²) < 4.78 is 3.35. The molecule has 0 radical (unpaired) electrons. The van der Waals surface area contributed by atoms with E-state index in [1.54, 1.807) is 11.3 Å². The van der Waals surface area contributed by atoms with Gasteiger partial charge in [-0.25, -0.2) is 4.98 Å². The lowest BCUT2D eigenvalue weighted by molar-refractivity contribution is 0.882. The van der Waals surface area contributed by atoms with Gasteiger partial charge in [-0.05, 0) is 42.8 Å². The number of hydrogen-bond donors (Lipinski definition) is 1. The highest BCUT2D eigenvalue weighted by Gasteiger charge is 2.09. The molecule has 1 heterocycles. The number of aromatic nitrogens is 1. The zero-order valence-electron chi connectivity index (χ0n) is 10.7. The first kappa shape index (κ1) is 14.0. The monoisotopic (exact) mass is 410 g/mol. The standard InChI is InChI=1S/C15H12Br2N2S/c1-9(10-2-4-11(16)5-3-10)18-15-19-13-8-12(17)6-7-14(13)20-15/h2-9H,1H3,(H,18,19). The summed E-state index contributed by atoms with van der Waals surface area (Å²) in [6.45, 7) is 2.14. The third-order valence-corrected chi connectivity index (χ3v) is 5.05. The van der Waals surface area contributed by atoms with Crippen LogP contribution in [-0.4, -0.2) is 4.98 Å². The summed E-state index contributed by atoms with van der Waals surface area (Å²) in [5.41, 5.74) is 2.27. The fraction of sp³-hybridized carbons (Fsp3) is 0.133. The van der Waals surface area contributed by atoms with E-state index in [1.165, 1.54) is 10.3 Å². The molecule has 20 heavy (non-hydrogen) atoms. The maximum atomic E-state index is 4.62. The molecule has 0 aliphatic heterocycles. The topological polar surface area (TPSA) is 24.9 Å². The number of rotatable bonds is 3. The Labute approximate surface area is 138 Å². The predicted octanol–water partition coefficient (Wildman–Crippen LogP) is 5.99. The van der Waals surface area contributed by atoms with Gasteiger partial charge in [0.15, 0.2) is 5.13 Å². The fourth-order valence-electron chi connectivity index (χ4n) is 1.98. The number of hydrogen-bond acceptors (Lipinski definition) is 3. The molecule has 1 aromatic heterocycles. The Hall–Kier alpha value is -0.910. The maximum Gasteiger partial charge on any atom is 0.184 e. The van der Waals surface area contributed by atoms with E-state index in [1.807, 2.05) is 12.1 Å². The normalized spacial score (nSPS) is 12.6. The van der Waals surface area contributed by atoms with Gasteiger partial charge in [0, 0.05) is 8.95 Å². The summed E-state index contributed by atoms with van der Waals surface area (Å²) in [5, 5.41) is 4.42. The predicted molar refractivity (Wildman–Crippen MR) is 93.5 cm³/mol. The van der Waals surface area contributed by atoms with Gasteiger partial charge in [0.2, 0.25) is 0 Å². The zero-order valence-corrected chi connectivity index (χ0v) is 14.7. The summed E-state index contributed by atoms with van der Waals surface area (Å²) >= 11 is 8.61. The first-order valence-electron chi connectivity index (χ1n) is 6.20. The summed E-state index contributed by atoms with van der Waals surface area (Å²) in [6.07, 6.45) is 0. The largest absolute Gasteiger partial charge is 0.355 e. The average Bonchev–Trinajstić information content (AvgIpc) is 2.80. The lowest BCUT2D eigenvalue weighted by Gasteiger charge is -2.13. The van der Waals surface area contributed by atoms with Gasteiger partial charge in [-0.1, -0.05) is 55.3 Å². The molecule has 0 spiro atoms. The lowest BCUT2D eigenvalue weighted by Crippen LogP contribution is -2.05. The Morgan fingerprint density at radius 3 is 2.50 bits per heavy atom. The van der Waals surface area contributed by atoms with Crippen LogP contribution in [0.3, 0.4) is 0 Å². The van der Waals surface area contributed by atoms with Gasteiger partial charge in [-0.3, -0.25) is 0 Å². The van der Waals surface area contributed by atoms with Crippen molar-refractivity contribution in [1.82, 2.24) is 4.98 Å². The van der Waals surface area contributed by atoms with E-state index in [0.29, 0.717) is 0 Å². The minimum Gasteiger partial charge on any atom is -0.355 e. The summed E-state index contributed by atoms with van der Waals surface area (Å²) in [4.78, 5) is 4.62. The molecule has 0 saturated heterocycles. The maximum absolute atomic E-state index is 4.62. The SMILES string of the molecule is CC(Nc1nc2cc(Br)ccc2s1)c1ccc(Br)cc1. The van der Waals surface area contributed by atoms with Crippen LogP contribution in [0.4, 0.5) is 5.13 Å². The summed E-state index contributed by atoms with van der Waals surface area (Å²) in [6, 6.07) is 14.8. The van der Waals surface area contributed by atoms with E-state index in [-0.39, 0.29) is 6.04 Å². The van der Waals surface area contributed by atoms with Crippen molar-refractivity contribution < 1.29 is 0 Å². The molecule has 0 amide bonds. The average molecular weight is 412 g/mol. The van der Waals surface area contributed by atoms with Crippen molar-refractivity contribution in [1.29, 1.82) is 0 Å². The highest BCUT2D eigenvalue weighted by Crippen LogP contribution is 2.30.